The van der Waals surface area contributed by atoms with Crippen LogP contribution in [0.1, 0.15) is 32.9 Å². The summed E-state index contributed by atoms with van der Waals surface area (Å²) in [5.74, 6) is -1.93. The van der Waals surface area contributed by atoms with Gasteiger partial charge in [0.15, 0.2) is 0 Å². The van der Waals surface area contributed by atoms with Crippen molar-refractivity contribution < 1.29 is 42.5 Å². The van der Waals surface area contributed by atoms with Gasteiger partial charge >= 0.3 is 11.9 Å². The summed E-state index contributed by atoms with van der Waals surface area (Å²) in [5, 5.41) is 28.0. The number of likely N-dealkylation sites (tertiary alicyclic amines) is 1. The van der Waals surface area contributed by atoms with Gasteiger partial charge in [-0.15, -0.1) is 10.2 Å². The van der Waals surface area contributed by atoms with Crippen molar-refractivity contribution in [2.45, 2.75) is 61.7 Å². The van der Waals surface area contributed by atoms with E-state index in [4.69, 9.17) is 14.2 Å². The molecule has 8 atom stereocenters. The Morgan fingerprint density at radius 1 is 0.902 bits per heavy atom. The molecule has 2 aromatic heterocycles. The molecule has 6 rings (SSSR count). The molecule has 2 fully saturated rings. The standard InChI is InChI=1S/C34H39F2N7O7S/c1-19(44)41-15-28(42-13-26(37-39-42)22-7-5-9-24(35)11-22)33(47)30(16-41)51-18-29(48-4)32(34(50-21(3)46)31(51)17-49-20(2)45)43-14-27(38-40-43)23-8-6-10-25(36)12-23/h5-14,28-34,47,51H,15-18H2,1-4H3/t28-,29-,30+,31+,32-,33+,34-/m0/s1. The Labute approximate surface area is 295 Å². The molecule has 51 heavy (non-hydrogen) atoms. The Kier molecular flexibility index (Phi) is 10.8. The number of esters is 2. The topological polar surface area (TPSA) is 164 Å². The number of amides is 1. The summed E-state index contributed by atoms with van der Waals surface area (Å²) >= 11 is 0. The molecule has 0 saturated carbocycles. The molecule has 2 aliphatic heterocycles. The molecule has 1 amide bonds. The Balaban J connectivity index is 1.38. The van der Waals surface area contributed by atoms with E-state index in [-0.39, 0.29) is 25.6 Å². The second-order valence-corrected chi connectivity index (χ2v) is 15.4. The summed E-state index contributed by atoms with van der Waals surface area (Å²) in [5.41, 5.74) is 1.75. The number of carbonyl (C=O) groups excluding carboxylic acids is 3. The highest BCUT2D eigenvalue weighted by molar-refractivity contribution is 8.18. The SMILES string of the molecule is CO[C@H]1C[SH]([C@@H]2CN(C(C)=O)C[C@H](n3cc(-c4cccc(F)c4)nn3)[C@H]2O)[C@H](COC(C)=O)[C@H](OC(C)=O)[C@H]1n1cc(-c2cccc(F)c2)nn1. The van der Waals surface area contributed by atoms with Gasteiger partial charge in [0.2, 0.25) is 5.91 Å². The first kappa shape index (κ1) is 36.1. The van der Waals surface area contributed by atoms with Gasteiger partial charge < -0.3 is 24.2 Å². The number of aromatic nitrogens is 6. The number of halogens is 2. The summed E-state index contributed by atoms with van der Waals surface area (Å²) in [7, 11) is 0.0601. The third-order valence-electron chi connectivity index (χ3n) is 9.36. The number of methoxy groups -OCH3 is 1. The Bertz CT molecular complexity index is 1890. The number of nitrogens with zero attached hydrogens (tertiary/aromatic N) is 7. The number of aliphatic hydroxyl groups is 1. The van der Waals surface area contributed by atoms with Gasteiger partial charge in [-0.1, -0.05) is 34.7 Å². The quantitative estimate of drug-likeness (QED) is 0.193. The maximum absolute atomic E-state index is 14.1. The van der Waals surface area contributed by atoms with Crippen LogP contribution in [0.2, 0.25) is 0 Å². The zero-order chi connectivity index (χ0) is 36.4. The van der Waals surface area contributed by atoms with E-state index >= 15 is 0 Å². The van der Waals surface area contributed by atoms with Gasteiger partial charge in [-0.05, 0) is 24.3 Å². The molecule has 0 bridgehead atoms. The minimum Gasteiger partial charge on any atom is -0.465 e. The first-order valence-electron chi connectivity index (χ1n) is 16.3. The minimum atomic E-state index is -1.45. The van der Waals surface area contributed by atoms with Gasteiger partial charge in [0.25, 0.3) is 0 Å². The molecule has 0 radical (unpaired) electrons. The van der Waals surface area contributed by atoms with E-state index in [2.05, 4.69) is 20.6 Å². The van der Waals surface area contributed by atoms with Crippen molar-refractivity contribution in [1.29, 1.82) is 0 Å². The van der Waals surface area contributed by atoms with Gasteiger partial charge in [0, 0.05) is 63.1 Å². The summed E-state index contributed by atoms with van der Waals surface area (Å²) in [6, 6.07) is 10.3. The first-order chi connectivity index (χ1) is 24.4. The van der Waals surface area contributed by atoms with Crippen LogP contribution in [0.15, 0.2) is 60.9 Å². The first-order valence-corrected chi connectivity index (χ1v) is 18.0. The number of hydrogen-bond acceptors (Lipinski definition) is 11. The molecule has 14 nitrogen and oxygen atoms in total. The summed E-state index contributed by atoms with van der Waals surface area (Å²) < 4.78 is 48.7. The van der Waals surface area contributed by atoms with Gasteiger partial charge in [-0.25, -0.2) is 29.0 Å². The minimum absolute atomic E-state index is 0.127. The zero-order valence-corrected chi connectivity index (χ0v) is 29.3. The highest BCUT2D eigenvalue weighted by atomic mass is 32.2. The number of carbonyl (C=O) groups is 3. The van der Waals surface area contributed by atoms with Crippen molar-refractivity contribution >= 4 is 28.7 Å². The average molecular weight is 728 g/mol. The predicted molar refractivity (Wildman–Crippen MR) is 182 cm³/mol. The molecule has 2 aliphatic rings. The Hall–Kier alpha value is -4.74. The fourth-order valence-electron chi connectivity index (χ4n) is 6.95. The molecule has 2 saturated heterocycles. The fraction of sp³-hybridized carbons (Fsp3) is 0.441. The number of aliphatic hydroxyl groups excluding tert-OH is 1. The molecule has 272 valence electrons. The average Bonchev–Trinajstić information content (AvgIpc) is 3.78. The van der Waals surface area contributed by atoms with Gasteiger partial charge in [0.1, 0.15) is 41.8 Å². The van der Waals surface area contributed by atoms with Crippen LogP contribution in [0.25, 0.3) is 22.5 Å². The molecular weight excluding hydrogens is 688 g/mol. The summed E-state index contributed by atoms with van der Waals surface area (Å²) in [4.78, 5) is 39.5. The highest BCUT2D eigenvalue weighted by Crippen LogP contribution is 2.52. The lowest BCUT2D eigenvalue weighted by atomic mass is 10.0. The van der Waals surface area contributed by atoms with E-state index in [1.807, 2.05) is 0 Å². The Morgan fingerprint density at radius 2 is 1.51 bits per heavy atom. The normalized spacial score (nSPS) is 27.2. The largest absolute Gasteiger partial charge is 0.465 e. The lowest BCUT2D eigenvalue weighted by molar-refractivity contribution is -0.154. The van der Waals surface area contributed by atoms with Crippen LogP contribution in [0.5, 0.6) is 0 Å². The molecule has 4 aromatic rings. The molecule has 0 aliphatic carbocycles. The van der Waals surface area contributed by atoms with Crippen molar-refractivity contribution in [3.05, 3.63) is 72.6 Å². The molecule has 2 aromatic carbocycles. The van der Waals surface area contributed by atoms with E-state index < -0.39 is 75.4 Å². The molecule has 17 heteroatoms. The number of hydrogen-bond donors (Lipinski definition) is 2. The predicted octanol–water partition coefficient (Wildman–Crippen LogP) is 2.75. The summed E-state index contributed by atoms with van der Waals surface area (Å²) in [6.45, 7) is 4.12. The summed E-state index contributed by atoms with van der Waals surface area (Å²) in [6.07, 6.45) is 0.525. The zero-order valence-electron chi connectivity index (χ0n) is 28.4. The maximum Gasteiger partial charge on any atom is 0.303 e. The second kappa shape index (κ2) is 15.2. The number of piperidine rings is 1. The molecule has 1 unspecified atom stereocenters. The third-order valence-corrected chi connectivity index (χ3v) is 12.8. The third kappa shape index (κ3) is 7.79. The number of thiol groups is 1. The van der Waals surface area contributed by atoms with Crippen molar-refractivity contribution in [3.63, 3.8) is 0 Å². The van der Waals surface area contributed by atoms with Crippen LogP contribution in [0, 0.1) is 11.6 Å². The fourth-order valence-corrected chi connectivity index (χ4v) is 10.6. The van der Waals surface area contributed by atoms with Crippen LogP contribution in [0.4, 0.5) is 8.78 Å². The van der Waals surface area contributed by atoms with Crippen molar-refractivity contribution in [2.75, 3.05) is 32.6 Å². The molecule has 1 N–H and O–H groups in total. The highest BCUT2D eigenvalue weighted by Gasteiger charge is 2.53. The van der Waals surface area contributed by atoms with Gasteiger partial charge in [-0.3, -0.25) is 14.4 Å². The van der Waals surface area contributed by atoms with E-state index in [0.29, 0.717) is 28.3 Å². The van der Waals surface area contributed by atoms with E-state index in [0.717, 1.165) is 0 Å². The van der Waals surface area contributed by atoms with Crippen LogP contribution < -0.4 is 0 Å². The number of ether oxygens (including phenoxy) is 3. The molecular formula is C34H39F2N7O7S. The van der Waals surface area contributed by atoms with Gasteiger partial charge in [-0.2, -0.15) is 0 Å². The number of benzene rings is 2. The van der Waals surface area contributed by atoms with E-state index in [1.165, 1.54) is 61.5 Å². The van der Waals surface area contributed by atoms with E-state index in [9.17, 15) is 28.3 Å². The molecule has 4 heterocycles. The van der Waals surface area contributed by atoms with Crippen LogP contribution in [-0.4, -0.2) is 119 Å². The smallest absolute Gasteiger partial charge is 0.303 e. The molecule has 0 spiro atoms. The van der Waals surface area contributed by atoms with Crippen molar-refractivity contribution in [3.8, 4) is 22.5 Å². The van der Waals surface area contributed by atoms with E-state index in [1.54, 1.807) is 41.6 Å². The van der Waals surface area contributed by atoms with Crippen LogP contribution >= 0.6 is 10.9 Å². The number of rotatable bonds is 9. The lowest BCUT2D eigenvalue weighted by Gasteiger charge is -2.53. The Morgan fingerprint density at radius 3 is 2.06 bits per heavy atom. The van der Waals surface area contributed by atoms with Crippen LogP contribution in [-0.2, 0) is 28.6 Å². The monoisotopic (exact) mass is 727 g/mol. The van der Waals surface area contributed by atoms with Crippen LogP contribution in [0.3, 0.4) is 0 Å². The lowest BCUT2D eigenvalue weighted by Crippen LogP contribution is -2.60. The second-order valence-electron chi connectivity index (χ2n) is 12.6. The maximum atomic E-state index is 14.1. The van der Waals surface area contributed by atoms with Crippen molar-refractivity contribution in [2.24, 2.45) is 0 Å². The van der Waals surface area contributed by atoms with Crippen molar-refractivity contribution in [1.82, 2.24) is 34.9 Å². The van der Waals surface area contributed by atoms with Gasteiger partial charge in [0.05, 0.1) is 35.9 Å².